The van der Waals surface area contributed by atoms with Crippen molar-refractivity contribution < 1.29 is 9.90 Å². The van der Waals surface area contributed by atoms with E-state index in [9.17, 15) is 4.79 Å². The molecular weight excluding hydrogens is 278 g/mol. The fraction of sp³-hybridized carbons (Fsp3) is 0.588. The van der Waals surface area contributed by atoms with Crippen molar-refractivity contribution in [2.75, 3.05) is 44.2 Å². The second-order valence-electron chi connectivity index (χ2n) is 6.30. The fourth-order valence-electron chi connectivity index (χ4n) is 3.48. The molecule has 2 saturated heterocycles. The van der Waals surface area contributed by atoms with Gasteiger partial charge < -0.3 is 14.9 Å². The predicted molar refractivity (Wildman–Crippen MR) is 87.5 cm³/mol. The van der Waals surface area contributed by atoms with Gasteiger partial charge in [0, 0.05) is 51.5 Å². The number of benzene rings is 1. The lowest BCUT2D eigenvalue weighted by Gasteiger charge is -2.33. The van der Waals surface area contributed by atoms with Gasteiger partial charge in [0.1, 0.15) is 0 Å². The van der Waals surface area contributed by atoms with Crippen LogP contribution in [0.4, 0.5) is 10.5 Å². The summed E-state index contributed by atoms with van der Waals surface area (Å²) in [5.41, 5.74) is 4.12. The molecule has 1 aromatic carbocycles. The lowest BCUT2D eigenvalue weighted by Crippen LogP contribution is -2.47. The summed E-state index contributed by atoms with van der Waals surface area (Å²) in [7, 11) is 0. The summed E-state index contributed by atoms with van der Waals surface area (Å²) in [6.45, 7) is 8.33. The second kappa shape index (κ2) is 6.57. The highest BCUT2D eigenvalue weighted by atomic mass is 16.4. The first-order valence-corrected chi connectivity index (χ1v) is 8.19. The Morgan fingerprint density at radius 3 is 2.41 bits per heavy atom. The summed E-state index contributed by atoms with van der Waals surface area (Å²) in [5, 5.41) is 9.02. The number of hydrogen-bond acceptors (Lipinski definition) is 3. The van der Waals surface area contributed by atoms with Gasteiger partial charge in [-0.05, 0) is 37.0 Å². The van der Waals surface area contributed by atoms with Crippen LogP contribution in [-0.4, -0.2) is 60.3 Å². The third-order valence-corrected chi connectivity index (χ3v) is 4.90. The first-order chi connectivity index (χ1) is 10.6. The molecular formula is C17H25N3O2. The Bertz CT molecular complexity index is 533. The molecule has 0 atom stereocenters. The maximum absolute atomic E-state index is 11.0. The molecule has 0 unspecified atom stereocenters. The molecule has 0 spiro atoms. The quantitative estimate of drug-likeness (QED) is 0.931. The number of nitrogens with zero attached hydrogens (tertiary/aromatic N) is 3. The van der Waals surface area contributed by atoms with E-state index in [1.807, 2.05) is 0 Å². The minimum atomic E-state index is -0.799. The van der Waals surface area contributed by atoms with E-state index in [1.165, 1.54) is 47.6 Å². The first-order valence-electron chi connectivity index (χ1n) is 8.19. The van der Waals surface area contributed by atoms with Crippen LogP contribution in [0, 0.1) is 6.92 Å². The lowest BCUT2D eigenvalue weighted by atomic mass is 10.0. The second-order valence-corrected chi connectivity index (χ2v) is 6.30. The smallest absolute Gasteiger partial charge is 0.407 e. The highest BCUT2D eigenvalue weighted by molar-refractivity contribution is 5.65. The van der Waals surface area contributed by atoms with Crippen molar-refractivity contribution in [3.63, 3.8) is 0 Å². The van der Waals surface area contributed by atoms with Crippen molar-refractivity contribution in [3.8, 4) is 0 Å². The van der Waals surface area contributed by atoms with Crippen molar-refractivity contribution in [1.82, 2.24) is 9.80 Å². The highest BCUT2D eigenvalue weighted by Gasteiger charge is 2.21. The molecule has 2 fully saturated rings. The maximum atomic E-state index is 11.0. The molecule has 2 aliphatic heterocycles. The molecule has 2 heterocycles. The van der Waals surface area contributed by atoms with Crippen LogP contribution in [0.5, 0.6) is 0 Å². The zero-order valence-corrected chi connectivity index (χ0v) is 13.3. The first kappa shape index (κ1) is 15.2. The van der Waals surface area contributed by atoms with E-state index in [2.05, 4.69) is 34.9 Å². The molecule has 22 heavy (non-hydrogen) atoms. The largest absolute Gasteiger partial charge is 0.465 e. The Kier molecular flexibility index (Phi) is 4.52. The summed E-state index contributed by atoms with van der Waals surface area (Å²) < 4.78 is 0. The van der Waals surface area contributed by atoms with Crippen LogP contribution in [0.25, 0.3) is 0 Å². The number of anilines is 1. The van der Waals surface area contributed by atoms with Crippen LogP contribution in [0.3, 0.4) is 0 Å². The molecule has 1 aromatic rings. The molecule has 0 aliphatic carbocycles. The van der Waals surface area contributed by atoms with E-state index in [0.29, 0.717) is 13.1 Å². The Hall–Kier alpha value is -1.75. The van der Waals surface area contributed by atoms with Crippen molar-refractivity contribution in [3.05, 3.63) is 29.3 Å². The summed E-state index contributed by atoms with van der Waals surface area (Å²) in [5.74, 6) is 0. The molecule has 0 radical (unpaired) electrons. The highest BCUT2D eigenvalue weighted by Crippen LogP contribution is 2.27. The van der Waals surface area contributed by atoms with Crippen molar-refractivity contribution in [2.24, 2.45) is 0 Å². The average Bonchev–Trinajstić information content (AvgIpc) is 3.04. The molecule has 0 aromatic heterocycles. The molecule has 5 heteroatoms. The van der Waals surface area contributed by atoms with E-state index < -0.39 is 6.09 Å². The zero-order chi connectivity index (χ0) is 15.5. The van der Waals surface area contributed by atoms with Gasteiger partial charge in [-0.15, -0.1) is 0 Å². The van der Waals surface area contributed by atoms with Crippen LogP contribution in [-0.2, 0) is 6.54 Å². The lowest BCUT2D eigenvalue weighted by molar-refractivity contribution is 0.103. The van der Waals surface area contributed by atoms with E-state index in [-0.39, 0.29) is 0 Å². The van der Waals surface area contributed by atoms with Gasteiger partial charge in [0.15, 0.2) is 0 Å². The molecule has 0 bridgehead atoms. The zero-order valence-electron chi connectivity index (χ0n) is 13.3. The number of carbonyl (C=O) groups is 1. The van der Waals surface area contributed by atoms with Crippen LogP contribution in [0.1, 0.15) is 24.0 Å². The minimum absolute atomic E-state index is 0.611. The average molecular weight is 303 g/mol. The Morgan fingerprint density at radius 2 is 1.77 bits per heavy atom. The van der Waals surface area contributed by atoms with Crippen molar-refractivity contribution in [1.29, 1.82) is 0 Å². The molecule has 1 N–H and O–H groups in total. The van der Waals surface area contributed by atoms with E-state index >= 15 is 0 Å². The topological polar surface area (TPSA) is 47.0 Å². The molecule has 2 aliphatic rings. The van der Waals surface area contributed by atoms with Gasteiger partial charge in [-0.1, -0.05) is 12.1 Å². The Labute approximate surface area is 132 Å². The summed E-state index contributed by atoms with van der Waals surface area (Å²) in [6, 6.07) is 6.59. The third kappa shape index (κ3) is 3.19. The van der Waals surface area contributed by atoms with Gasteiger partial charge in [0.2, 0.25) is 0 Å². The van der Waals surface area contributed by atoms with Gasteiger partial charge >= 0.3 is 6.09 Å². The Morgan fingerprint density at radius 1 is 1.09 bits per heavy atom. The van der Waals surface area contributed by atoms with E-state index in [1.54, 1.807) is 0 Å². The van der Waals surface area contributed by atoms with Gasteiger partial charge in [-0.25, -0.2) is 4.79 Å². The minimum Gasteiger partial charge on any atom is -0.465 e. The van der Waals surface area contributed by atoms with Gasteiger partial charge in [0.25, 0.3) is 0 Å². The van der Waals surface area contributed by atoms with E-state index in [4.69, 9.17) is 5.11 Å². The van der Waals surface area contributed by atoms with Gasteiger partial charge in [-0.3, -0.25) is 4.90 Å². The predicted octanol–water partition coefficient (Wildman–Crippen LogP) is 2.39. The number of piperazine rings is 1. The number of rotatable bonds is 3. The van der Waals surface area contributed by atoms with Crippen molar-refractivity contribution >= 4 is 11.8 Å². The molecule has 3 rings (SSSR count). The number of carboxylic acid groups (broad SMARTS) is 1. The molecule has 120 valence electrons. The normalized spacial score (nSPS) is 19.7. The fourth-order valence-corrected chi connectivity index (χ4v) is 3.48. The standard InChI is InChI=1S/C17H25N3O2/c1-14-15(5-4-6-16(14)19-7-2-3-8-19)13-18-9-11-20(12-10-18)17(21)22/h4-6H,2-3,7-13H2,1H3,(H,21,22). The van der Waals surface area contributed by atoms with Gasteiger partial charge in [-0.2, -0.15) is 0 Å². The van der Waals surface area contributed by atoms with E-state index in [0.717, 1.165) is 19.6 Å². The Balaban J connectivity index is 1.66. The van der Waals surface area contributed by atoms with Crippen molar-refractivity contribution in [2.45, 2.75) is 26.3 Å². The van der Waals surface area contributed by atoms with Crippen LogP contribution < -0.4 is 4.90 Å². The SMILES string of the molecule is Cc1c(CN2CCN(C(=O)O)CC2)cccc1N1CCCC1. The molecule has 1 amide bonds. The number of hydrogen-bond donors (Lipinski definition) is 1. The van der Waals surface area contributed by atoms with Crippen LogP contribution in [0.2, 0.25) is 0 Å². The maximum Gasteiger partial charge on any atom is 0.407 e. The number of amides is 1. The van der Waals surface area contributed by atoms with Crippen LogP contribution >= 0.6 is 0 Å². The molecule has 5 nitrogen and oxygen atoms in total. The summed E-state index contributed by atoms with van der Waals surface area (Å²) in [4.78, 5) is 17.3. The van der Waals surface area contributed by atoms with Gasteiger partial charge in [0.05, 0.1) is 0 Å². The monoisotopic (exact) mass is 303 g/mol. The van der Waals surface area contributed by atoms with Crippen LogP contribution in [0.15, 0.2) is 18.2 Å². The third-order valence-electron chi connectivity index (χ3n) is 4.90. The summed E-state index contributed by atoms with van der Waals surface area (Å²) >= 11 is 0. The summed E-state index contributed by atoms with van der Waals surface area (Å²) in [6.07, 6.45) is 1.79. The molecule has 0 saturated carbocycles.